The van der Waals surface area contributed by atoms with Crippen molar-refractivity contribution in [3.05, 3.63) is 98.3 Å². The summed E-state index contributed by atoms with van der Waals surface area (Å²) in [5, 5.41) is 14.0. The molecule has 10 heteroatoms. The van der Waals surface area contributed by atoms with Gasteiger partial charge in [-0.2, -0.15) is 0 Å². The second-order valence-electron chi connectivity index (χ2n) is 7.06. The number of fused-ring (bicyclic) bond motifs is 1. The van der Waals surface area contributed by atoms with Gasteiger partial charge in [-0.1, -0.05) is 53.7 Å². The molecule has 1 heterocycles. The highest BCUT2D eigenvalue weighted by molar-refractivity contribution is 8.00. The van der Waals surface area contributed by atoms with Gasteiger partial charge >= 0.3 is 0 Å². The van der Waals surface area contributed by atoms with Crippen molar-refractivity contribution in [2.45, 2.75) is 17.3 Å². The summed E-state index contributed by atoms with van der Waals surface area (Å²) in [5.41, 5.74) is 0.840. The number of para-hydroxylation sites is 2. The van der Waals surface area contributed by atoms with Crippen LogP contribution in [-0.4, -0.2) is 25.6 Å². The number of aromatic nitrogens is 2. The number of halogens is 1. The van der Waals surface area contributed by atoms with Gasteiger partial charge in [0.2, 0.25) is 5.91 Å². The van der Waals surface area contributed by atoms with Gasteiger partial charge in [0, 0.05) is 12.1 Å². The Labute approximate surface area is 197 Å². The van der Waals surface area contributed by atoms with Crippen LogP contribution in [0, 0.1) is 10.1 Å². The molecule has 4 rings (SSSR count). The number of nitro benzene ring substituents is 1. The number of nitrogens with zero attached hydrogens (tertiary/aromatic N) is 3. The topological polar surface area (TPSA) is 107 Å². The SMILES string of the molecule is CC(Sc1nc2ccccc2c(=O)n1-c1ccccc1)C(=O)Nc1cc([N+](=O)[O-])ccc1Cl. The van der Waals surface area contributed by atoms with E-state index in [1.165, 1.54) is 22.8 Å². The van der Waals surface area contributed by atoms with E-state index in [0.717, 1.165) is 11.8 Å². The van der Waals surface area contributed by atoms with Crippen LogP contribution in [0.25, 0.3) is 16.6 Å². The molecule has 8 nitrogen and oxygen atoms in total. The summed E-state index contributed by atoms with van der Waals surface area (Å²) in [6.07, 6.45) is 0. The minimum Gasteiger partial charge on any atom is -0.324 e. The summed E-state index contributed by atoms with van der Waals surface area (Å²) in [4.78, 5) is 41.2. The van der Waals surface area contributed by atoms with Crippen LogP contribution in [0.15, 0.2) is 82.7 Å². The van der Waals surface area contributed by atoms with Gasteiger partial charge in [0.25, 0.3) is 11.2 Å². The number of carbonyl (C=O) groups excluding carboxylic acids is 1. The van der Waals surface area contributed by atoms with Gasteiger partial charge in [0.1, 0.15) is 0 Å². The number of benzene rings is 3. The van der Waals surface area contributed by atoms with Gasteiger partial charge in [-0.25, -0.2) is 4.98 Å². The number of thioether (sulfide) groups is 1. The average Bonchev–Trinajstić information content (AvgIpc) is 2.81. The monoisotopic (exact) mass is 480 g/mol. The van der Waals surface area contributed by atoms with Crippen LogP contribution in [0.1, 0.15) is 6.92 Å². The third kappa shape index (κ3) is 4.74. The van der Waals surface area contributed by atoms with E-state index in [1.807, 2.05) is 18.2 Å². The van der Waals surface area contributed by atoms with Crippen LogP contribution >= 0.6 is 23.4 Å². The molecule has 0 aliphatic heterocycles. The molecule has 1 atom stereocenters. The quantitative estimate of drug-likeness (QED) is 0.179. The highest BCUT2D eigenvalue weighted by Crippen LogP contribution is 2.29. The van der Waals surface area contributed by atoms with Crippen LogP contribution in [0.3, 0.4) is 0 Å². The first-order valence-electron chi connectivity index (χ1n) is 9.84. The molecule has 1 aromatic heterocycles. The van der Waals surface area contributed by atoms with Gasteiger partial charge in [0.15, 0.2) is 5.16 Å². The van der Waals surface area contributed by atoms with Gasteiger partial charge in [0.05, 0.1) is 37.5 Å². The molecule has 0 spiro atoms. The van der Waals surface area contributed by atoms with Crippen LogP contribution in [0.2, 0.25) is 5.02 Å². The normalized spacial score (nSPS) is 11.8. The zero-order valence-corrected chi connectivity index (χ0v) is 18.8. The molecule has 0 saturated heterocycles. The molecule has 0 fully saturated rings. The minimum absolute atomic E-state index is 0.134. The molecule has 33 heavy (non-hydrogen) atoms. The Morgan fingerprint density at radius 2 is 1.82 bits per heavy atom. The Bertz CT molecular complexity index is 1430. The first-order valence-corrected chi connectivity index (χ1v) is 11.1. The number of hydrogen-bond acceptors (Lipinski definition) is 6. The van der Waals surface area contributed by atoms with E-state index in [0.29, 0.717) is 21.7 Å². The van der Waals surface area contributed by atoms with Crippen molar-refractivity contribution in [2.24, 2.45) is 0 Å². The second kappa shape index (κ2) is 9.43. The third-order valence-electron chi connectivity index (χ3n) is 4.83. The molecule has 0 bridgehead atoms. The molecular weight excluding hydrogens is 464 g/mol. The molecule has 0 radical (unpaired) electrons. The Morgan fingerprint density at radius 1 is 1.12 bits per heavy atom. The largest absolute Gasteiger partial charge is 0.324 e. The fourth-order valence-corrected chi connectivity index (χ4v) is 4.26. The molecule has 0 aliphatic rings. The van der Waals surface area contributed by atoms with Crippen LogP contribution < -0.4 is 10.9 Å². The van der Waals surface area contributed by atoms with Crippen LogP contribution in [0.4, 0.5) is 11.4 Å². The van der Waals surface area contributed by atoms with Gasteiger partial charge < -0.3 is 5.32 Å². The van der Waals surface area contributed by atoms with Crippen LogP contribution in [0.5, 0.6) is 0 Å². The maximum Gasteiger partial charge on any atom is 0.271 e. The molecule has 166 valence electrons. The van der Waals surface area contributed by atoms with E-state index < -0.39 is 16.1 Å². The van der Waals surface area contributed by atoms with Crippen molar-refractivity contribution in [1.82, 2.24) is 9.55 Å². The lowest BCUT2D eigenvalue weighted by Gasteiger charge is -2.16. The number of carbonyl (C=O) groups is 1. The summed E-state index contributed by atoms with van der Waals surface area (Å²) >= 11 is 7.20. The molecule has 4 aromatic rings. The maximum atomic E-state index is 13.3. The molecule has 0 saturated carbocycles. The number of nitro groups is 1. The van der Waals surface area contributed by atoms with Gasteiger partial charge in [-0.3, -0.25) is 24.3 Å². The van der Waals surface area contributed by atoms with E-state index in [-0.39, 0.29) is 22.0 Å². The Kier molecular flexibility index (Phi) is 6.43. The molecule has 1 unspecified atom stereocenters. The van der Waals surface area contributed by atoms with E-state index in [9.17, 15) is 19.7 Å². The zero-order chi connectivity index (χ0) is 23.5. The smallest absolute Gasteiger partial charge is 0.271 e. The number of hydrogen-bond donors (Lipinski definition) is 1. The van der Waals surface area contributed by atoms with Crippen molar-refractivity contribution in [3.63, 3.8) is 0 Å². The lowest BCUT2D eigenvalue weighted by atomic mass is 10.2. The predicted octanol–water partition coefficient (Wildman–Crippen LogP) is 5.07. The van der Waals surface area contributed by atoms with Gasteiger partial charge in [-0.05, 0) is 37.3 Å². The summed E-state index contributed by atoms with van der Waals surface area (Å²) < 4.78 is 1.47. The highest BCUT2D eigenvalue weighted by Gasteiger charge is 2.22. The van der Waals surface area contributed by atoms with E-state index in [4.69, 9.17) is 11.6 Å². The van der Waals surface area contributed by atoms with Crippen molar-refractivity contribution in [2.75, 3.05) is 5.32 Å². The van der Waals surface area contributed by atoms with Gasteiger partial charge in [-0.15, -0.1) is 0 Å². The summed E-state index contributed by atoms with van der Waals surface area (Å²) in [7, 11) is 0. The lowest BCUT2D eigenvalue weighted by molar-refractivity contribution is -0.384. The number of amides is 1. The Morgan fingerprint density at radius 3 is 2.55 bits per heavy atom. The molecule has 1 N–H and O–H groups in total. The Balaban J connectivity index is 1.69. The van der Waals surface area contributed by atoms with Crippen molar-refractivity contribution in [1.29, 1.82) is 0 Å². The average molecular weight is 481 g/mol. The predicted molar refractivity (Wildman–Crippen MR) is 129 cm³/mol. The number of non-ortho nitro benzene ring substituents is 1. The summed E-state index contributed by atoms with van der Waals surface area (Å²) in [6, 6.07) is 19.9. The van der Waals surface area contributed by atoms with Crippen molar-refractivity contribution < 1.29 is 9.72 Å². The van der Waals surface area contributed by atoms with Crippen molar-refractivity contribution in [3.8, 4) is 5.69 Å². The second-order valence-corrected chi connectivity index (χ2v) is 8.77. The fraction of sp³-hybridized carbons (Fsp3) is 0.0870. The van der Waals surface area contributed by atoms with E-state index >= 15 is 0 Å². The van der Waals surface area contributed by atoms with E-state index in [1.54, 1.807) is 43.3 Å². The molecule has 3 aromatic carbocycles. The standard InChI is InChI=1S/C23H17ClN4O4S/c1-14(21(29)25-20-13-16(28(31)32)11-12-18(20)24)33-23-26-19-10-6-5-9-17(19)22(30)27(23)15-7-3-2-4-8-15/h2-14H,1H3,(H,25,29). The van der Waals surface area contributed by atoms with Crippen LogP contribution in [-0.2, 0) is 4.79 Å². The summed E-state index contributed by atoms with van der Waals surface area (Å²) in [5.74, 6) is -0.440. The molecular formula is C23H17ClN4O4S. The lowest BCUT2D eigenvalue weighted by Crippen LogP contribution is -2.26. The summed E-state index contributed by atoms with van der Waals surface area (Å²) in [6.45, 7) is 1.65. The minimum atomic E-state index is -0.691. The first kappa shape index (κ1) is 22.5. The van der Waals surface area contributed by atoms with Crippen molar-refractivity contribution >= 4 is 51.5 Å². The maximum absolute atomic E-state index is 13.3. The highest BCUT2D eigenvalue weighted by atomic mass is 35.5. The Hall–Kier alpha value is -3.69. The number of rotatable bonds is 6. The van der Waals surface area contributed by atoms with E-state index in [2.05, 4.69) is 10.3 Å². The third-order valence-corrected chi connectivity index (χ3v) is 6.21. The molecule has 0 aliphatic carbocycles. The number of nitrogens with one attached hydrogen (secondary N) is 1. The zero-order valence-electron chi connectivity index (χ0n) is 17.3. The molecule has 1 amide bonds. The fourth-order valence-electron chi connectivity index (χ4n) is 3.16. The number of anilines is 1. The first-order chi connectivity index (χ1) is 15.8.